The van der Waals surface area contributed by atoms with Crippen molar-refractivity contribution in [3.8, 4) is 0 Å². The van der Waals surface area contributed by atoms with Gasteiger partial charge in [0.15, 0.2) is 0 Å². The molecule has 0 saturated carbocycles. The maximum absolute atomic E-state index is 12.7. The van der Waals surface area contributed by atoms with E-state index in [4.69, 9.17) is 0 Å². The number of nitrogens with one attached hydrogen (secondary N) is 1. The summed E-state index contributed by atoms with van der Waals surface area (Å²) in [6, 6.07) is 7.06. The SMILES string of the molecule is O=C(CCn1nccc1[N+](=O)[O-])NCc1ccc(F)cc1. The van der Waals surface area contributed by atoms with Gasteiger partial charge in [0.2, 0.25) is 5.91 Å². The second kappa shape index (κ2) is 6.60. The number of aromatic nitrogens is 2. The number of nitrogens with zero attached hydrogens (tertiary/aromatic N) is 3. The van der Waals surface area contributed by atoms with E-state index < -0.39 is 4.92 Å². The lowest BCUT2D eigenvalue weighted by Crippen LogP contribution is -2.24. The zero-order chi connectivity index (χ0) is 15.2. The van der Waals surface area contributed by atoms with Crippen molar-refractivity contribution in [2.24, 2.45) is 0 Å². The molecule has 0 aliphatic heterocycles. The molecule has 2 aromatic rings. The summed E-state index contributed by atoms with van der Waals surface area (Å²) in [4.78, 5) is 21.8. The molecule has 110 valence electrons. The molecule has 0 fully saturated rings. The molecule has 8 heteroatoms. The van der Waals surface area contributed by atoms with Gasteiger partial charge < -0.3 is 15.4 Å². The molecular formula is C13H13FN4O3. The molecule has 1 aromatic carbocycles. The first-order valence-electron chi connectivity index (χ1n) is 6.23. The minimum atomic E-state index is -0.552. The number of benzene rings is 1. The van der Waals surface area contributed by atoms with Gasteiger partial charge in [-0.25, -0.2) is 4.39 Å². The average molecular weight is 292 g/mol. The molecule has 1 aromatic heterocycles. The van der Waals surface area contributed by atoms with Gasteiger partial charge in [-0.1, -0.05) is 17.2 Å². The van der Waals surface area contributed by atoms with Gasteiger partial charge in [-0.05, 0) is 22.6 Å². The first kappa shape index (κ1) is 14.6. The summed E-state index contributed by atoms with van der Waals surface area (Å²) >= 11 is 0. The molecule has 2 rings (SSSR count). The highest BCUT2D eigenvalue weighted by atomic mass is 19.1. The highest BCUT2D eigenvalue weighted by molar-refractivity contribution is 5.75. The number of aryl methyl sites for hydroxylation is 1. The fourth-order valence-electron chi connectivity index (χ4n) is 1.75. The average Bonchev–Trinajstić information content (AvgIpc) is 2.93. The Morgan fingerprint density at radius 1 is 1.33 bits per heavy atom. The molecular weight excluding hydrogens is 279 g/mol. The van der Waals surface area contributed by atoms with Gasteiger partial charge in [-0.3, -0.25) is 4.79 Å². The van der Waals surface area contributed by atoms with E-state index in [2.05, 4.69) is 10.4 Å². The first-order valence-corrected chi connectivity index (χ1v) is 6.23. The van der Waals surface area contributed by atoms with Crippen LogP contribution in [0.25, 0.3) is 0 Å². The van der Waals surface area contributed by atoms with Crippen LogP contribution >= 0.6 is 0 Å². The Labute approximate surface area is 119 Å². The number of rotatable bonds is 6. The fraction of sp³-hybridized carbons (Fsp3) is 0.231. The van der Waals surface area contributed by atoms with Crippen LogP contribution in [0.2, 0.25) is 0 Å². The van der Waals surface area contributed by atoms with Crippen LogP contribution in [-0.2, 0) is 17.9 Å². The number of carbonyl (C=O) groups is 1. The number of halogens is 1. The van der Waals surface area contributed by atoms with Crippen LogP contribution in [0.5, 0.6) is 0 Å². The van der Waals surface area contributed by atoms with Gasteiger partial charge in [0, 0.05) is 6.54 Å². The molecule has 1 amide bonds. The summed E-state index contributed by atoms with van der Waals surface area (Å²) in [5.41, 5.74) is 0.773. The van der Waals surface area contributed by atoms with Gasteiger partial charge in [-0.15, -0.1) is 4.68 Å². The summed E-state index contributed by atoms with van der Waals surface area (Å²) in [6.45, 7) is 0.402. The molecule has 0 unspecified atom stereocenters. The lowest BCUT2D eigenvalue weighted by Gasteiger charge is -2.04. The van der Waals surface area contributed by atoms with Crippen molar-refractivity contribution in [2.45, 2.75) is 19.5 Å². The predicted molar refractivity (Wildman–Crippen MR) is 71.7 cm³/mol. The number of nitro groups is 1. The summed E-state index contributed by atoms with van der Waals surface area (Å²) < 4.78 is 13.9. The third-order valence-corrected chi connectivity index (χ3v) is 2.83. The van der Waals surface area contributed by atoms with Crippen LogP contribution in [0.4, 0.5) is 10.2 Å². The van der Waals surface area contributed by atoms with Crippen LogP contribution in [0.3, 0.4) is 0 Å². The van der Waals surface area contributed by atoms with E-state index in [1.165, 1.54) is 24.4 Å². The molecule has 1 heterocycles. The van der Waals surface area contributed by atoms with Gasteiger partial charge >= 0.3 is 5.82 Å². The van der Waals surface area contributed by atoms with Crippen molar-refractivity contribution in [1.82, 2.24) is 15.1 Å². The molecule has 0 aliphatic carbocycles. The molecule has 0 atom stereocenters. The maximum Gasteiger partial charge on any atom is 0.344 e. The molecule has 1 N–H and O–H groups in total. The molecule has 0 aliphatic rings. The van der Waals surface area contributed by atoms with E-state index in [0.717, 1.165) is 10.2 Å². The molecule has 0 saturated heterocycles. The Hall–Kier alpha value is -2.77. The molecule has 7 nitrogen and oxygen atoms in total. The summed E-state index contributed by atoms with van der Waals surface area (Å²) in [6.07, 6.45) is 1.39. The van der Waals surface area contributed by atoms with Crippen molar-refractivity contribution < 1.29 is 14.1 Å². The Morgan fingerprint density at radius 3 is 2.71 bits per heavy atom. The highest BCUT2D eigenvalue weighted by Gasteiger charge is 2.14. The quantitative estimate of drug-likeness (QED) is 0.647. The largest absolute Gasteiger partial charge is 0.358 e. The molecule has 21 heavy (non-hydrogen) atoms. The van der Waals surface area contributed by atoms with E-state index in [9.17, 15) is 19.3 Å². The van der Waals surface area contributed by atoms with Crippen LogP contribution in [-0.4, -0.2) is 20.6 Å². The van der Waals surface area contributed by atoms with Gasteiger partial charge in [0.1, 0.15) is 12.4 Å². The van der Waals surface area contributed by atoms with Crippen molar-refractivity contribution in [3.05, 3.63) is 58.0 Å². The minimum Gasteiger partial charge on any atom is -0.358 e. The van der Waals surface area contributed by atoms with Gasteiger partial charge in [0.05, 0.1) is 18.7 Å². The second-order valence-corrected chi connectivity index (χ2v) is 4.32. The second-order valence-electron chi connectivity index (χ2n) is 4.32. The van der Waals surface area contributed by atoms with Crippen LogP contribution in [0.15, 0.2) is 36.5 Å². The van der Waals surface area contributed by atoms with Crippen molar-refractivity contribution in [2.75, 3.05) is 0 Å². The van der Waals surface area contributed by atoms with Crippen molar-refractivity contribution in [3.63, 3.8) is 0 Å². The van der Waals surface area contributed by atoms with E-state index in [1.54, 1.807) is 12.1 Å². The number of hydrogen-bond acceptors (Lipinski definition) is 4. The topological polar surface area (TPSA) is 90.1 Å². The first-order chi connectivity index (χ1) is 10.1. The van der Waals surface area contributed by atoms with E-state index in [1.807, 2.05) is 0 Å². The summed E-state index contributed by atoms with van der Waals surface area (Å²) in [7, 11) is 0. The maximum atomic E-state index is 12.7. The zero-order valence-corrected chi connectivity index (χ0v) is 11.0. The molecule has 0 radical (unpaired) electrons. The highest BCUT2D eigenvalue weighted by Crippen LogP contribution is 2.09. The standard InChI is InChI=1S/C13H13FN4O3/c14-11-3-1-10(2-4-11)9-15-12(19)6-8-17-13(18(20)21)5-7-16-17/h1-5,7H,6,8-9H2,(H,15,19). The Kier molecular flexibility index (Phi) is 4.60. The third kappa shape index (κ3) is 4.10. The van der Waals surface area contributed by atoms with E-state index in [-0.39, 0.29) is 37.1 Å². The Balaban J connectivity index is 1.81. The van der Waals surface area contributed by atoms with E-state index in [0.29, 0.717) is 0 Å². The van der Waals surface area contributed by atoms with Crippen LogP contribution in [0.1, 0.15) is 12.0 Å². The number of carbonyl (C=O) groups excluding carboxylic acids is 1. The van der Waals surface area contributed by atoms with Crippen LogP contribution < -0.4 is 5.32 Å². The summed E-state index contributed by atoms with van der Waals surface area (Å²) in [5, 5.41) is 17.1. The fourth-order valence-corrected chi connectivity index (χ4v) is 1.75. The molecule has 0 bridgehead atoms. The van der Waals surface area contributed by atoms with Gasteiger partial charge in [-0.2, -0.15) is 0 Å². The lowest BCUT2D eigenvalue weighted by atomic mass is 10.2. The number of hydrogen-bond donors (Lipinski definition) is 1. The van der Waals surface area contributed by atoms with Gasteiger partial charge in [0.25, 0.3) is 0 Å². The number of amides is 1. The normalized spacial score (nSPS) is 10.3. The third-order valence-electron chi connectivity index (χ3n) is 2.83. The zero-order valence-electron chi connectivity index (χ0n) is 11.0. The Morgan fingerprint density at radius 2 is 2.05 bits per heavy atom. The predicted octanol–water partition coefficient (Wildman–Crippen LogP) is 1.64. The minimum absolute atomic E-state index is 0.0731. The molecule has 0 spiro atoms. The van der Waals surface area contributed by atoms with Crippen LogP contribution in [0, 0.1) is 15.9 Å². The smallest absolute Gasteiger partial charge is 0.344 e. The van der Waals surface area contributed by atoms with E-state index >= 15 is 0 Å². The lowest BCUT2D eigenvalue weighted by molar-refractivity contribution is -0.392. The van der Waals surface area contributed by atoms with Crippen molar-refractivity contribution in [1.29, 1.82) is 0 Å². The van der Waals surface area contributed by atoms with Crippen molar-refractivity contribution >= 4 is 11.7 Å². The summed E-state index contributed by atoms with van der Waals surface area (Å²) in [5.74, 6) is -0.749. The monoisotopic (exact) mass is 292 g/mol. The Bertz CT molecular complexity index is 639.